The lowest BCUT2D eigenvalue weighted by atomic mass is 10.0. The van der Waals surface area contributed by atoms with Gasteiger partial charge in [0.25, 0.3) is 5.91 Å². The number of carbonyl (C=O) groups is 1. The number of benzene rings is 3. The summed E-state index contributed by atoms with van der Waals surface area (Å²) in [5.74, 6) is 0.947. The second kappa shape index (κ2) is 6.13. The van der Waals surface area contributed by atoms with Crippen LogP contribution < -0.4 is 15.0 Å². The molecule has 0 unspecified atom stereocenters. The Balaban J connectivity index is 1.67. The Kier molecular flexibility index (Phi) is 3.80. The van der Waals surface area contributed by atoms with Crippen molar-refractivity contribution in [1.82, 2.24) is 0 Å². The smallest absolute Gasteiger partial charge is 0.258 e. The lowest BCUT2D eigenvalue weighted by molar-refractivity contribution is 0.0994. The van der Waals surface area contributed by atoms with E-state index < -0.39 is 0 Å². The fourth-order valence-corrected chi connectivity index (χ4v) is 3.45. The van der Waals surface area contributed by atoms with E-state index in [0.29, 0.717) is 13.1 Å². The number of carbonyl (C=O) groups excluding carboxylic acids is 1. The van der Waals surface area contributed by atoms with Crippen molar-refractivity contribution in [3.8, 4) is 5.75 Å². The highest BCUT2D eigenvalue weighted by atomic mass is 16.5. The van der Waals surface area contributed by atoms with Crippen molar-refractivity contribution in [3.63, 3.8) is 0 Å². The van der Waals surface area contributed by atoms with Crippen molar-refractivity contribution < 1.29 is 9.53 Å². The first-order valence-corrected chi connectivity index (χ1v) is 8.47. The Morgan fingerprint density at radius 1 is 1.04 bits per heavy atom. The molecule has 0 fully saturated rings. The Morgan fingerprint density at radius 2 is 1.84 bits per heavy atom. The second-order valence-electron chi connectivity index (χ2n) is 6.11. The maximum absolute atomic E-state index is 12.6. The molecule has 1 aliphatic heterocycles. The standard InChI is InChI=1S/C21H20N2O2/c1-3-23-19-12-11-18(16-5-4-6-17(20(16)19)21(23)24)22-13-14-7-9-15(25-2)10-8-14/h4-12,22H,3,13H2,1-2H3. The van der Waals surface area contributed by atoms with Gasteiger partial charge in [0.1, 0.15) is 5.75 Å². The molecule has 0 radical (unpaired) electrons. The van der Waals surface area contributed by atoms with Gasteiger partial charge in [0.2, 0.25) is 0 Å². The van der Waals surface area contributed by atoms with Crippen LogP contribution in [0.15, 0.2) is 54.6 Å². The zero-order valence-corrected chi connectivity index (χ0v) is 14.4. The third kappa shape index (κ3) is 2.50. The molecule has 126 valence electrons. The van der Waals surface area contributed by atoms with Gasteiger partial charge in [-0.25, -0.2) is 0 Å². The number of rotatable bonds is 5. The summed E-state index contributed by atoms with van der Waals surface area (Å²) in [5.41, 5.74) is 4.02. The third-order valence-corrected chi connectivity index (χ3v) is 4.74. The minimum Gasteiger partial charge on any atom is -0.497 e. The van der Waals surface area contributed by atoms with Crippen LogP contribution in [0.1, 0.15) is 22.8 Å². The number of amides is 1. The van der Waals surface area contributed by atoms with Crippen LogP contribution in [-0.2, 0) is 6.54 Å². The lowest BCUT2D eigenvalue weighted by Crippen LogP contribution is -2.25. The quantitative estimate of drug-likeness (QED) is 0.751. The van der Waals surface area contributed by atoms with Gasteiger partial charge in [-0.3, -0.25) is 4.79 Å². The summed E-state index contributed by atoms with van der Waals surface area (Å²) in [7, 11) is 1.67. The van der Waals surface area contributed by atoms with E-state index in [1.165, 1.54) is 5.56 Å². The van der Waals surface area contributed by atoms with Crippen molar-refractivity contribution in [2.45, 2.75) is 13.5 Å². The lowest BCUT2D eigenvalue weighted by Gasteiger charge is -2.16. The van der Waals surface area contributed by atoms with E-state index in [1.807, 2.05) is 54.3 Å². The van der Waals surface area contributed by atoms with Gasteiger partial charge in [-0.2, -0.15) is 0 Å². The molecule has 1 heterocycles. The Hall–Kier alpha value is -3.01. The van der Waals surface area contributed by atoms with Gasteiger partial charge in [0.05, 0.1) is 12.8 Å². The van der Waals surface area contributed by atoms with Gasteiger partial charge in [-0.05, 0) is 42.8 Å². The van der Waals surface area contributed by atoms with E-state index >= 15 is 0 Å². The van der Waals surface area contributed by atoms with Crippen LogP contribution in [0.2, 0.25) is 0 Å². The summed E-state index contributed by atoms with van der Waals surface area (Å²) < 4.78 is 5.20. The van der Waals surface area contributed by atoms with E-state index in [0.717, 1.165) is 33.5 Å². The van der Waals surface area contributed by atoms with Crippen LogP contribution in [-0.4, -0.2) is 19.6 Å². The zero-order valence-electron chi connectivity index (χ0n) is 14.4. The predicted octanol–water partition coefficient (Wildman–Crippen LogP) is 4.44. The molecule has 0 atom stereocenters. The minimum absolute atomic E-state index is 0.0930. The van der Waals surface area contributed by atoms with Gasteiger partial charge in [0, 0.05) is 35.1 Å². The number of nitrogens with one attached hydrogen (secondary N) is 1. The Bertz CT molecular complexity index is 948. The van der Waals surface area contributed by atoms with E-state index in [1.54, 1.807) is 7.11 Å². The molecule has 25 heavy (non-hydrogen) atoms. The van der Waals surface area contributed by atoms with Crippen molar-refractivity contribution >= 4 is 28.1 Å². The van der Waals surface area contributed by atoms with E-state index in [9.17, 15) is 4.79 Å². The van der Waals surface area contributed by atoms with Crippen LogP contribution >= 0.6 is 0 Å². The maximum atomic E-state index is 12.6. The number of hydrogen-bond acceptors (Lipinski definition) is 3. The molecule has 0 aromatic heterocycles. The first-order valence-electron chi connectivity index (χ1n) is 8.47. The highest BCUT2D eigenvalue weighted by Gasteiger charge is 2.29. The number of anilines is 2. The second-order valence-corrected chi connectivity index (χ2v) is 6.11. The van der Waals surface area contributed by atoms with E-state index in [4.69, 9.17) is 4.74 Å². The highest BCUT2D eigenvalue weighted by Crippen LogP contribution is 2.40. The van der Waals surface area contributed by atoms with Gasteiger partial charge < -0.3 is 15.0 Å². The zero-order chi connectivity index (χ0) is 17.4. The molecule has 4 heteroatoms. The SMILES string of the molecule is CCN1C(=O)c2cccc3c(NCc4ccc(OC)cc4)ccc1c23. The molecule has 1 amide bonds. The van der Waals surface area contributed by atoms with E-state index in [-0.39, 0.29) is 5.91 Å². The van der Waals surface area contributed by atoms with E-state index in [2.05, 4.69) is 17.4 Å². The number of hydrogen-bond donors (Lipinski definition) is 1. The summed E-state index contributed by atoms with van der Waals surface area (Å²) in [4.78, 5) is 14.4. The predicted molar refractivity (Wildman–Crippen MR) is 102 cm³/mol. The first-order chi connectivity index (χ1) is 12.2. The van der Waals surface area contributed by atoms with Gasteiger partial charge in [-0.15, -0.1) is 0 Å². The van der Waals surface area contributed by atoms with Crippen LogP contribution in [0, 0.1) is 0 Å². The highest BCUT2D eigenvalue weighted by molar-refractivity contribution is 6.26. The molecular weight excluding hydrogens is 312 g/mol. The molecular formula is C21H20N2O2. The molecule has 0 bridgehead atoms. The van der Waals surface area contributed by atoms with Crippen LogP contribution in [0.4, 0.5) is 11.4 Å². The first kappa shape index (κ1) is 15.5. The van der Waals surface area contributed by atoms with Crippen molar-refractivity contribution in [2.24, 2.45) is 0 Å². The molecule has 3 aromatic rings. The molecule has 1 aliphatic rings. The van der Waals surface area contributed by atoms with Crippen molar-refractivity contribution in [1.29, 1.82) is 0 Å². The van der Waals surface area contributed by atoms with Gasteiger partial charge in [0.15, 0.2) is 0 Å². The van der Waals surface area contributed by atoms with Crippen molar-refractivity contribution in [3.05, 3.63) is 65.7 Å². The number of methoxy groups -OCH3 is 1. The topological polar surface area (TPSA) is 41.6 Å². The summed E-state index contributed by atoms with van der Waals surface area (Å²) >= 11 is 0. The Morgan fingerprint density at radius 3 is 2.56 bits per heavy atom. The minimum atomic E-state index is 0.0930. The molecule has 0 spiro atoms. The normalized spacial score (nSPS) is 12.7. The molecule has 0 aliphatic carbocycles. The molecule has 4 nitrogen and oxygen atoms in total. The fraction of sp³-hybridized carbons (Fsp3) is 0.190. The summed E-state index contributed by atoms with van der Waals surface area (Å²) in [6, 6.07) is 18.1. The molecule has 0 saturated heterocycles. The average molecular weight is 332 g/mol. The van der Waals surface area contributed by atoms with Crippen LogP contribution in [0.25, 0.3) is 10.8 Å². The molecule has 3 aromatic carbocycles. The molecule has 0 saturated carbocycles. The fourth-order valence-electron chi connectivity index (χ4n) is 3.45. The average Bonchev–Trinajstić information content (AvgIpc) is 2.94. The number of nitrogens with zero attached hydrogens (tertiary/aromatic N) is 1. The van der Waals surface area contributed by atoms with Gasteiger partial charge >= 0.3 is 0 Å². The summed E-state index contributed by atoms with van der Waals surface area (Å²) in [6.45, 7) is 3.40. The molecule has 4 rings (SSSR count). The third-order valence-electron chi connectivity index (χ3n) is 4.74. The van der Waals surface area contributed by atoms with Crippen LogP contribution in [0.3, 0.4) is 0 Å². The molecule has 1 N–H and O–H groups in total. The van der Waals surface area contributed by atoms with Crippen LogP contribution in [0.5, 0.6) is 5.75 Å². The summed E-state index contributed by atoms with van der Waals surface area (Å²) in [5, 5.41) is 5.64. The Labute approximate surface area is 147 Å². The van der Waals surface area contributed by atoms with Crippen molar-refractivity contribution in [2.75, 3.05) is 23.9 Å². The number of ether oxygens (including phenoxy) is 1. The summed E-state index contributed by atoms with van der Waals surface area (Å²) in [6.07, 6.45) is 0. The monoisotopic (exact) mass is 332 g/mol. The van der Waals surface area contributed by atoms with Gasteiger partial charge in [-0.1, -0.05) is 24.3 Å². The largest absolute Gasteiger partial charge is 0.497 e. The maximum Gasteiger partial charge on any atom is 0.258 e.